The van der Waals surface area contributed by atoms with Gasteiger partial charge in [0.2, 0.25) is 9.84 Å². The molecule has 0 aliphatic heterocycles. The Kier molecular flexibility index (Phi) is 3.48. The molecule has 0 unspecified atom stereocenters. The number of phenols is 2. The first kappa shape index (κ1) is 14.4. The zero-order valence-corrected chi connectivity index (χ0v) is 12.3. The van der Waals surface area contributed by atoms with E-state index in [0.717, 1.165) is 5.56 Å². The van der Waals surface area contributed by atoms with Gasteiger partial charge in [0.15, 0.2) is 0 Å². The molecule has 0 spiro atoms. The molecule has 0 saturated carbocycles. The van der Waals surface area contributed by atoms with Crippen molar-refractivity contribution in [3.05, 3.63) is 47.0 Å². The van der Waals surface area contributed by atoms with Gasteiger partial charge >= 0.3 is 0 Å². The summed E-state index contributed by atoms with van der Waals surface area (Å²) in [5, 5.41) is 19.6. The molecule has 0 amide bonds. The SMILES string of the molecule is Cc1ccc(S(=O)(=O)c2c(C)ccc(O)c2C)c(O)c1. The summed E-state index contributed by atoms with van der Waals surface area (Å²) in [7, 11) is -3.88. The molecule has 0 bridgehead atoms. The molecule has 0 aromatic heterocycles. The second-order valence-corrected chi connectivity index (χ2v) is 6.69. The molecule has 0 fully saturated rings. The standard InChI is InChI=1S/C15H16O4S/c1-9-4-7-14(13(17)8-9)20(18,19)15-10(2)5-6-12(16)11(15)3/h4-8,16-17H,1-3H3. The minimum atomic E-state index is -3.88. The highest BCUT2D eigenvalue weighted by molar-refractivity contribution is 7.91. The number of hydrogen-bond acceptors (Lipinski definition) is 4. The maximum absolute atomic E-state index is 12.7. The van der Waals surface area contributed by atoms with Crippen LogP contribution in [0.15, 0.2) is 40.1 Å². The number of benzene rings is 2. The van der Waals surface area contributed by atoms with Crippen molar-refractivity contribution in [2.45, 2.75) is 30.6 Å². The maximum atomic E-state index is 12.7. The van der Waals surface area contributed by atoms with Crippen LogP contribution in [0.5, 0.6) is 11.5 Å². The van der Waals surface area contributed by atoms with E-state index >= 15 is 0 Å². The average Bonchev–Trinajstić information content (AvgIpc) is 2.33. The summed E-state index contributed by atoms with van der Waals surface area (Å²) in [6.45, 7) is 4.96. The fourth-order valence-corrected chi connectivity index (χ4v) is 4.00. The fourth-order valence-electron chi connectivity index (χ4n) is 2.19. The molecule has 0 saturated heterocycles. The molecule has 106 valence electrons. The Morgan fingerprint density at radius 1 is 0.900 bits per heavy atom. The minimum Gasteiger partial charge on any atom is -0.508 e. The van der Waals surface area contributed by atoms with Crippen LogP contribution in [0.4, 0.5) is 0 Å². The number of sulfone groups is 1. The predicted octanol–water partition coefficient (Wildman–Crippen LogP) is 2.86. The van der Waals surface area contributed by atoms with Gasteiger partial charge in [-0.05, 0) is 50.1 Å². The summed E-state index contributed by atoms with van der Waals surface area (Å²) in [5.41, 5.74) is 1.58. The zero-order chi connectivity index (χ0) is 15.1. The molecular weight excluding hydrogens is 276 g/mol. The van der Waals surface area contributed by atoms with Gasteiger partial charge in [-0.3, -0.25) is 0 Å². The van der Waals surface area contributed by atoms with Gasteiger partial charge in [-0.15, -0.1) is 0 Å². The molecule has 0 heterocycles. The van der Waals surface area contributed by atoms with E-state index in [1.807, 2.05) is 0 Å². The molecule has 0 aliphatic rings. The monoisotopic (exact) mass is 292 g/mol. The van der Waals surface area contributed by atoms with Crippen LogP contribution in [0.2, 0.25) is 0 Å². The molecule has 2 aromatic rings. The van der Waals surface area contributed by atoms with E-state index in [2.05, 4.69) is 0 Å². The van der Waals surface area contributed by atoms with Crippen LogP contribution in [0.25, 0.3) is 0 Å². The van der Waals surface area contributed by atoms with Crippen molar-refractivity contribution >= 4 is 9.84 Å². The van der Waals surface area contributed by atoms with Gasteiger partial charge in [0, 0.05) is 5.56 Å². The normalized spacial score (nSPS) is 11.6. The van der Waals surface area contributed by atoms with Crippen LogP contribution in [0.1, 0.15) is 16.7 Å². The topological polar surface area (TPSA) is 74.6 Å². The molecule has 2 aromatic carbocycles. The van der Waals surface area contributed by atoms with Crippen molar-refractivity contribution in [3.8, 4) is 11.5 Å². The van der Waals surface area contributed by atoms with E-state index < -0.39 is 9.84 Å². The van der Waals surface area contributed by atoms with Crippen molar-refractivity contribution < 1.29 is 18.6 Å². The Balaban J connectivity index is 2.77. The average molecular weight is 292 g/mol. The van der Waals surface area contributed by atoms with Crippen molar-refractivity contribution in [2.24, 2.45) is 0 Å². The number of aryl methyl sites for hydroxylation is 2. The number of rotatable bonds is 2. The lowest BCUT2D eigenvalue weighted by Gasteiger charge is -2.13. The van der Waals surface area contributed by atoms with Gasteiger partial charge in [-0.1, -0.05) is 12.1 Å². The summed E-state index contributed by atoms with van der Waals surface area (Å²) in [6.07, 6.45) is 0. The smallest absolute Gasteiger partial charge is 0.210 e. The van der Waals surface area contributed by atoms with Gasteiger partial charge in [0.25, 0.3) is 0 Å². The lowest BCUT2D eigenvalue weighted by Crippen LogP contribution is -2.07. The molecule has 0 atom stereocenters. The maximum Gasteiger partial charge on any atom is 0.210 e. The molecule has 4 nitrogen and oxygen atoms in total. The molecule has 0 radical (unpaired) electrons. The third-order valence-corrected chi connectivity index (χ3v) is 5.34. The van der Waals surface area contributed by atoms with Crippen molar-refractivity contribution in [1.29, 1.82) is 0 Å². The van der Waals surface area contributed by atoms with Gasteiger partial charge in [-0.2, -0.15) is 0 Å². The zero-order valence-electron chi connectivity index (χ0n) is 11.5. The molecular formula is C15H16O4S. The predicted molar refractivity (Wildman–Crippen MR) is 75.9 cm³/mol. The molecule has 5 heteroatoms. The lowest BCUT2D eigenvalue weighted by molar-refractivity contribution is 0.457. The van der Waals surface area contributed by atoms with Gasteiger partial charge in [0.1, 0.15) is 16.4 Å². The summed E-state index contributed by atoms with van der Waals surface area (Å²) < 4.78 is 25.4. The van der Waals surface area contributed by atoms with E-state index in [1.165, 1.54) is 18.2 Å². The first-order valence-electron chi connectivity index (χ1n) is 6.09. The third-order valence-electron chi connectivity index (χ3n) is 3.25. The molecule has 2 N–H and O–H groups in total. The number of aromatic hydroxyl groups is 2. The largest absolute Gasteiger partial charge is 0.508 e. The third kappa shape index (κ3) is 2.25. The van der Waals surface area contributed by atoms with E-state index in [1.54, 1.807) is 32.9 Å². The minimum absolute atomic E-state index is 0.0386. The van der Waals surface area contributed by atoms with Gasteiger partial charge in [0.05, 0.1) is 4.90 Å². The fraction of sp³-hybridized carbons (Fsp3) is 0.200. The van der Waals surface area contributed by atoms with E-state index in [9.17, 15) is 18.6 Å². The van der Waals surface area contributed by atoms with Gasteiger partial charge < -0.3 is 10.2 Å². The van der Waals surface area contributed by atoms with Crippen LogP contribution in [-0.4, -0.2) is 18.6 Å². The lowest BCUT2D eigenvalue weighted by atomic mass is 10.1. The van der Waals surface area contributed by atoms with Crippen LogP contribution in [0, 0.1) is 20.8 Å². The second kappa shape index (κ2) is 4.83. The summed E-state index contributed by atoms with van der Waals surface area (Å²) in [5.74, 6) is -0.368. The summed E-state index contributed by atoms with van der Waals surface area (Å²) >= 11 is 0. The Bertz CT molecular complexity index is 777. The van der Waals surface area contributed by atoms with Crippen molar-refractivity contribution in [1.82, 2.24) is 0 Å². The van der Waals surface area contributed by atoms with Crippen LogP contribution >= 0.6 is 0 Å². The summed E-state index contributed by atoms with van der Waals surface area (Å²) in [4.78, 5) is -0.114. The Hall–Kier alpha value is -2.01. The highest BCUT2D eigenvalue weighted by Gasteiger charge is 2.26. The number of hydrogen-bond donors (Lipinski definition) is 2. The molecule has 0 aliphatic carbocycles. The van der Waals surface area contributed by atoms with Crippen LogP contribution < -0.4 is 0 Å². The number of phenolic OH excluding ortho intramolecular Hbond substituents is 2. The molecule has 2 rings (SSSR count). The second-order valence-electron chi connectivity index (χ2n) is 4.83. The Morgan fingerprint density at radius 2 is 1.55 bits per heavy atom. The Labute approximate surface area is 118 Å². The highest BCUT2D eigenvalue weighted by atomic mass is 32.2. The van der Waals surface area contributed by atoms with E-state index in [-0.39, 0.29) is 26.9 Å². The quantitative estimate of drug-likeness (QED) is 0.892. The van der Waals surface area contributed by atoms with Crippen molar-refractivity contribution in [3.63, 3.8) is 0 Å². The first-order chi connectivity index (χ1) is 9.25. The Morgan fingerprint density at radius 3 is 2.15 bits per heavy atom. The van der Waals surface area contributed by atoms with Gasteiger partial charge in [-0.25, -0.2) is 8.42 Å². The van der Waals surface area contributed by atoms with Crippen LogP contribution in [0.3, 0.4) is 0 Å². The molecule has 20 heavy (non-hydrogen) atoms. The first-order valence-corrected chi connectivity index (χ1v) is 7.57. The summed E-state index contributed by atoms with van der Waals surface area (Å²) in [6, 6.07) is 7.41. The van der Waals surface area contributed by atoms with E-state index in [0.29, 0.717) is 5.56 Å². The van der Waals surface area contributed by atoms with Crippen LogP contribution in [-0.2, 0) is 9.84 Å². The van der Waals surface area contributed by atoms with E-state index in [4.69, 9.17) is 0 Å². The highest BCUT2D eigenvalue weighted by Crippen LogP contribution is 2.35. The van der Waals surface area contributed by atoms with Crippen molar-refractivity contribution in [2.75, 3.05) is 0 Å².